The van der Waals surface area contributed by atoms with E-state index in [-0.39, 0.29) is 5.56 Å². The van der Waals surface area contributed by atoms with Gasteiger partial charge >= 0.3 is 0 Å². The van der Waals surface area contributed by atoms with E-state index in [1.54, 1.807) is 18.2 Å². The summed E-state index contributed by atoms with van der Waals surface area (Å²) >= 11 is 3.27. The lowest BCUT2D eigenvalue weighted by Gasteiger charge is -2.06. The van der Waals surface area contributed by atoms with Gasteiger partial charge in [0, 0.05) is 16.1 Å². The van der Waals surface area contributed by atoms with Crippen LogP contribution in [0.2, 0.25) is 0 Å². The summed E-state index contributed by atoms with van der Waals surface area (Å²) in [4.78, 5) is 12.1. The zero-order valence-electron chi connectivity index (χ0n) is 13.5. The minimum atomic E-state index is -0.854. The summed E-state index contributed by atoms with van der Waals surface area (Å²) in [6.07, 6.45) is 0. The molecule has 0 saturated heterocycles. The van der Waals surface area contributed by atoms with E-state index < -0.39 is 17.4 Å². The molecule has 0 atom stereocenters. The molecule has 1 nitrogen and oxygen atoms in total. The number of hydrogen-bond donors (Lipinski definition) is 0. The van der Waals surface area contributed by atoms with Crippen molar-refractivity contribution in [1.82, 2.24) is 0 Å². The van der Waals surface area contributed by atoms with Crippen LogP contribution in [0.3, 0.4) is 0 Å². The van der Waals surface area contributed by atoms with Crippen molar-refractivity contribution in [2.24, 2.45) is 0 Å². The molecule has 4 heteroatoms. The number of aryl methyl sites for hydroxylation is 1. The van der Waals surface area contributed by atoms with Crippen LogP contribution < -0.4 is 0 Å². The lowest BCUT2D eigenvalue weighted by atomic mass is 10.0. The van der Waals surface area contributed by atoms with Crippen molar-refractivity contribution in [2.45, 2.75) is 34.6 Å². The largest absolute Gasteiger partial charge is 0.288 e. The molecule has 2 aromatic carbocycles. The summed E-state index contributed by atoms with van der Waals surface area (Å²) in [5, 5.41) is 0. The minimum absolute atomic E-state index is 0.138. The number of hydrogen-bond acceptors (Lipinski definition) is 1. The maximum absolute atomic E-state index is 13.5. The Bertz CT molecular complexity index is 571. The van der Waals surface area contributed by atoms with Gasteiger partial charge in [0.25, 0.3) is 0 Å². The SMILES string of the molecule is CC.CC.Cc1ccc(C(=O)c2ccc(F)cc2F)c(Br)c1. The Hall–Kier alpha value is -1.55. The van der Waals surface area contributed by atoms with Crippen molar-refractivity contribution < 1.29 is 13.6 Å². The van der Waals surface area contributed by atoms with Crippen LogP contribution in [-0.4, -0.2) is 5.78 Å². The average molecular weight is 371 g/mol. The number of rotatable bonds is 2. The van der Waals surface area contributed by atoms with E-state index in [1.807, 2.05) is 34.6 Å². The monoisotopic (exact) mass is 370 g/mol. The van der Waals surface area contributed by atoms with Crippen molar-refractivity contribution in [3.05, 3.63) is 69.2 Å². The van der Waals surface area contributed by atoms with E-state index in [1.165, 1.54) is 0 Å². The zero-order valence-corrected chi connectivity index (χ0v) is 15.1. The quantitative estimate of drug-likeness (QED) is 0.565. The fourth-order valence-electron chi connectivity index (χ4n) is 1.62. The van der Waals surface area contributed by atoms with E-state index in [4.69, 9.17) is 0 Å². The lowest BCUT2D eigenvalue weighted by Crippen LogP contribution is -2.05. The van der Waals surface area contributed by atoms with Gasteiger partial charge in [-0.05, 0) is 36.8 Å². The normalized spacial score (nSPS) is 9.09. The third-order valence-electron chi connectivity index (χ3n) is 2.54. The molecule has 2 aromatic rings. The van der Waals surface area contributed by atoms with Crippen LogP contribution in [0.5, 0.6) is 0 Å². The van der Waals surface area contributed by atoms with Gasteiger partial charge in [-0.1, -0.05) is 49.7 Å². The van der Waals surface area contributed by atoms with Gasteiger partial charge in [0.05, 0.1) is 5.56 Å². The number of carbonyl (C=O) groups is 1. The maximum atomic E-state index is 13.5. The Morgan fingerprint density at radius 3 is 1.95 bits per heavy atom. The highest BCUT2D eigenvalue weighted by Gasteiger charge is 2.16. The van der Waals surface area contributed by atoms with Crippen molar-refractivity contribution in [3.8, 4) is 0 Å². The average Bonchev–Trinajstić information content (AvgIpc) is 2.51. The number of ketones is 1. The molecule has 0 N–H and O–H groups in total. The Morgan fingerprint density at radius 1 is 0.909 bits per heavy atom. The first-order valence-corrected chi connectivity index (χ1v) is 8.04. The van der Waals surface area contributed by atoms with Gasteiger partial charge in [0.15, 0.2) is 5.78 Å². The summed E-state index contributed by atoms with van der Waals surface area (Å²) in [6.45, 7) is 9.89. The molecule has 2 rings (SSSR count). The first-order valence-electron chi connectivity index (χ1n) is 7.25. The van der Waals surface area contributed by atoms with Crippen molar-refractivity contribution >= 4 is 21.7 Å². The molecule has 0 fully saturated rings. The number of carbonyl (C=O) groups excluding carboxylic acids is 1. The van der Waals surface area contributed by atoms with Crippen LogP contribution >= 0.6 is 15.9 Å². The number of benzene rings is 2. The van der Waals surface area contributed by atoms with Gasteiger partial charge in [-0.15, -0.1) is 0 Å². The molecular formula is C18H21BrF2O. The second-order valence-corrected chi connectivity index (χ2v) is 4.79. The predicted molar refractivity (Wildman–Crippen MR) is 91.4 cm³/mol. The van der Waals surface area contributed by atoms with Crippen LogP contribution in [0, 0.1) is 18.6 Å². The lowest BCUT2D eigenvalue weighted by molar-refractivity contribution is 0.103. The van der Waals surface area contributed by atoms with E-state index >= 15 is 0 Å². The molecule has 0 unspecified atom stereocenters. The van der Waals surface area contributed by atoms with Crippen molar-refractivity contribution in [1.29, 1.82) is 0 Å². The Morgan fingerprint density at radius 2 is 1.45 bits per heavy atom. The molecule has 0 amide bonds. The second kappa shape index (κ2) is 10.2. The maximum Gasteiger partial charge on any atom is 0.197 e. The molecule has 0 aliphatic carbocycles. The fourth-order valence-corrected chi connectivity index (χ4v) is 2.30. The first-order chi connectivity index (χ1) is 10.5. The smallest absolute Gasteiger partial charge is 0.197 e. The van der Waals surface area contributed by atoms with Crippen LogP contribution in [-0.2, 0) is 0 Å². The highest BCUT2D eigenvalue weighted by Crippen LogP contribution is 2.23. The first kappa shape index (κ1) is 20.5. The molecular weight excluding hydrogens is 350 g/mol. The van der Waals surface area contributed by atoms with E-state index in [2.05, 4.69) is 15.9 Å². The molecule has 0 aromatic heterocycles. The Labute approximate surface area is 139 Å². The third-order valence-corrected chi connectivity index (χ3v) is 3.20. The summed E-state index contributed by atoms with van der Waals surface area (Å²) in [5.74, 6) is -2.03. The molecule has 0 aliphatic heterocycles. The topological polar surface area (TPSA) is 17.1 Å². The molecule has 0 spiro atoms. The molecule has 0 heterocycles. The van der Waals surface area contributed by atoms with Crippen LogP contribution in [0.1, 0.15) is 49.2 Å². The second-order valence-electron chi connectivity index (χ2n) is 3.94. The third kappa shape index (κ3) is 5.34. The van der Waals surface area contributed by atoms with Gasteiger partial charge in [0.2, 0.25) is 0 Å². The van der Waals surface area contributed by atoms with E-state index in [0.717, 1.165) is 17.7 Å². The van der Waals surface area contributed by atoms with E-state index in [0.29, 0.717) is 16.1 Å². The molecule has 0 radical (unpaired) electrons. The zero-order chi connectivity index (χ0) is 17.3. The van der Waals surface area contributed by atoms with Gasteiger partial charge in [-0.3, -0.25) is 4.79 Å². The molecule has 0 saturated carbocycles. The van der Waals surface area contributed by atoms with Crippen molar-refractivity contribution in [3.63, 3.8) is 0 Å². The summed E-state index contributed by atoms with van der Waals surface area (Å²) in [7, 11) is 0. The van der Waals surface area contributed by atoms with Crippen LogP contribution in [0.4, 0.5) is 8.78 Å². The highest BCUT2D eigenvalue weighted by atomic mass is 79.9. The summed E-state index contributed by atoms with van der Waals surface area (Å²) in [6, 6.07) is 8.08. The standard InChI is InChI=1S/C14H9BrF2O.2C2H6/c1-8-2-4-10(12(15)6-8)14(18)11-5-3-9(16)7-13(11)17;2*1-2/h2-7H,1H3;2*1-2H3. The van der Waals surface area contributed by atoms with Gasteiger partial charge in [0.1, 0.15) is 11.6 Å². The summed E-state index contributed by atoms with van der Waals surface area (Å²) < 4.78 is 26.9. The Balaban J connectivity index is 0.00000102. The minimum Gasteiger partial charge on any atom is -0.288 e. The highest BCUT2D eigenvalue weighted by molar-refractivity contribution is 9.10. The van der Waals surface area contributed by atoms with E-state index in [9.17, 15) is 13.6 Å². The Kier molecular flexibility index (Phi) is 9.50. The van der Waals surface area contributed by atoms with Crippen LogP contribution in [0.15, 0.2) is 40.9 Å². The van der Waals surface area contributed by atoms with Gasteiger partial charge in [-0.2, -0.15) is 0 Å². The molecule has 0 aliphatic rings. The number of halogens is 3. The molecule has 120 valence electrons. The molecule has 0 bridgehead atoms. The predicted octanol–water partition coefficient (Wildman–Crippen LogP) is 6.32. The van der Waals surface area contributed by atoms with Gasteiger partial charge < -0.3 is 0 Å². The molecule has 22 heavy (non-hydrogen) atoms. The van der Waals surface area contributed by atoms with Crippen molar-refractivity contribution in [2.75, 3.05) is 0 Å². The fraction of sp³-hybridized carbons (Fsp3) is 0.278. The van der Waals surface area contributed by atoms with Crippen LogP contribution in [0.25, 0.3) is 0 Å². The summed E-state index contributed by atoms with van der Waals surface area (Å²) in [5.41, 5.74) is 1.20. The van der Waals surface area contributed by atoms with Gasteiger partial charge in [-0.25, -0.2) is 8.78 Å².